The number of benzene rings is 1. The van der Waals surface area contributed by atoms with E-state index in [1.807, 2.05) is 57.0 Å². The Labute approximate surface area is 181 Å². The lowest BCUT2D eigenvalue weighted by Crippen LogP contribution is -2.41. The average Bonchev–Trinajstić information content (AvgIpc) is 2.75. The van der Waals surface area contributed by atoms with Crippen LogP contribution in [0.3, 0.4) is 0 Å². The minimum Gasteiger partial charge on any atom is -0.493 e. The van der Waals surface area contributed by atoms with E-state index < -0.39 is 0 Å². The zero-order chi connectivity index (χ0) is 22.4. The topological polar surface area (TPSA) is 80.9 Å². The number of carbonyl (C=O) groups is 1. The highest BCUT2D eigenvalue weighted by molar-refractivity contribution is 7.14. The highest BCUT2D eigenvalue weighted by Crippen LogP contribution is 2.37. The first-order valence-corrected chi connectivity index (χ1v) is 10.2. The molecule has 7 nitrogen and oxygen atoms in total. The van der Waals surface area contributed by atoms with Crippen molar-refractivity contribution in [2.75, 3.05) is 26.2 Å². The Hall–Kier alpha value is -2.63. The summed E-state index contributed by atoms with van der Waals surface area (Å²) in [6.45, 7) is 5.74. The molecule has 162 valence electrons. The maximum Gasteiger partial charge on any atom is 0.249 e. The first kappa shape index (κ1) is 23.6. The van der Waals surface area contributed by atoms with Crippen LogP contribution in [0.15, 0.2) is 36.5 Å². The summed E-state index contributed by atoms with van der Waals surface area (Å²) in [6, 6.07) is 7.42. The summed E-state index contributed by atoms with van der Waals surface area (Å²) in [4.78, 5) is 19.0. The van der Waals surface area contributed by atoms with Crippen LogP contribution in [-0.2, 0) is 4.79 Å². The molecule has 3 unspecified atom stereocenters. The quantitative estimate of drug-likeness (QED) is 0.510. The fourth-order valence-electron chi connectivity index (χ4n) is 2.97. The molecule has 0 bridgehead atoms. The molecule has 1 aromatic heterocycles. The zero-order valence-electron chi connectivity index (χ0n) is 18.4. The number of hydrogen-bond donors (Lipinski definition) is 1. The SMILES string of the molecule is COc1cc(N(C)c2ncccc2/C=C/C(=O)N(P)C(C)C(C)N)cc(C)c1OC. The van der Waals surface area contributed by atoms with Crippen molar-refractivity contribution in [3.63, 3.8) is 0 Å². The fraction of sp³-hybridized carbons (Fsp3) is 0.364. The molecule has 0 spiro atoms. The van der Waals surface area contributed by atoms with Crippen LogP contribution < -0.4 is 20.1 Å². The molecule has 1 amide bonds. The maximum atomic E-state index is 12.5. The van der Waals surface area contributed by atoms with Gasteiger partial charge in [0.15, 0.2) is 11.5 Å². The number of ether oxygens (including phenoxy) is 2. The number of hydrogen-bond acceptors (Lipinski definition) is 6. The zero-order valence-corrected chi connectivity index (χ0v) is 19.6. The third-order valence-corrected chi connectivity index (χ3v) is 5.76. The minimum atomic E-state index is -0.149. The van der Waals surface area contributed by atoms with E-state index in [0.717, 1.165) is 16.8 Å². The molecule has 30 heavy (non-hydrogen) atoms. The van der Waals surface area contributed by atoms with Gasteiger partial charge in [0.25, 0.3) is 0 Å². The van der Waals surface area contributed by atoms with E-state index in [1.54, 1.807) is 31.2 Å². The summed E-state index contributed by atoms with van der Waals surface area (Å²) >= 11 is 0. The maximum absolute atomic E-state index is 12.5. The van der Waals surface area contributed by atoms with E-state index in [9.17, 15) is 4.79 Å². The number of amides is 1. The lowest BCUT2D eigenvalue weighted by molar-refractivity contribution is -0.122. The Morgan fingerprint density at radius 1 is 1.27 bits per heavy atom. The summed E-state index contributed by atoms with van der Waals surface area (Å²) in [7, 11) is 7.59. The molecule has 0 aliphatic heterocycles. The van der Waals surface area contributed by atoms with E-state index >= 15 is 0 Å². The number of anilines is 2. The fourth-order valence-corrected chi connectivity index (χ4v) is 3.33. The predicted molar refractivity (Wildman–Crippen MR) is 125 cm³/mol. The number of nitrogens with two attached hydrogens (primary N) is 1. The molecule has 0 aliphatic carbocycles. The molecule has 0 radical (unpaired) electrons. The normalized spacial score (nSPS) is 13.1. The van der Waals surface area contributed by atoms with Gasteiger partial charge in [-0.2, -0.15) is 0 Å². The number of aromatic nitrogens is 1. The van der Waals surface area contributed by atoms with Gasteiger partial charge < -0.3 is 24.8 Å². The summed E-state index contributed by atoms with van der Waals surface area (Å²) in [5.74, 6) is 1.91. The van der Waals surface area contributed by atoms with E-state index in [1.165, 1.54) is 6.08 Å². The van der Waals surface area contributed by atoms with Gasteiger partial charge in [0, 0.05) is 48.7 Å². The van der Waals surface area contributed by atoms with Crippen molar-refractivity contribution in [3.8, 4) is 11.5 Å². The van der Waals surface area contributed by atoms with Gasteiger partial charge in [0.05, 0.1) is 14.2 Å². The molecule has 2 aromatic rings. The number of carbonyl (C=O) groups excluding carboxylic acids is 1. The van der Waals surface area contributed by atoms with E-state index in [-0.39, 0.29) is 18.0 Å². The minimum absolute atomic E-state index is 0.0991. The van der Waals surface area contributed by atoms with Crippen molar-refractivity contribution >= 4 is 32.9 Å². The van der Waals surface area contributed by atoms with Crippen LogP contribution in [0.5, 0.6) is 11.5 Å². The van der Waals surface area contributed by atoms with Gasteiger partial charge in [-0.3, -0.25) is 4.79 Å². The summed E-state index contributed by atoms with van der Waals surface area (Å²) in [6.07, 6.45) is 5.01. The van der Waals surface area contributed by atoms with Crippen molar-refractivity contribution in [3.05, 3.63) is 47.7 Å². The molecular weight excluding hydrogens is 399 g/mol. The van der Waals surface area contributed by atoms with E-state index in [4.69, 9.17) is 15.2 Å². The molecule has 0 fully saturated rings. The summed E-state index contributed by atoms with van der Waals surface area (Å²) < 4.78 is 12.5. The smallest absolute Gasteiger partial charge is 0.249 e. The molecule has 0 aliphatic rings. The van der Waals surface area contributed by atoms with Crippen LogP contribution in [-0.4, -0.2) is 48.9 Å². The Morgan fingerprint density at radius 2 is 1.97 bits per heavy atom. The second-order valence-corrected chi connectivity index (χ2v) is 7.71. The van der Waals surface area contributed by atoms with Gasteiger partial charge >= 0.3 is 0 Å². The second kappa shape index (κ2) is 10.4. The van der Waals surface area contributed by atoms with E-state index in [2.05, 4.69) is 14.4 Å². The number of nitrogens with zero attached hydrogens (tertiary/aromatic N) is 3. The molecule has 1 aromatic carbocycles. The van der Waals surface area contributed by atoms with Crippen LogP contribution >= 0.6 is 9.39 Å². The number of aryl methyl sites for hydroxylation is 1. The number of rotatable bonds is 8. The Bertz CT molecular complexity index is 917. The molecule has 8 heteroatoms. The Kier molecular flexibility index (Phi) is 8.21. The first-order valence-electron chi connectivity index (χ1n) is 9.64. The predicted octanol–water partition coefficient (Wildman–Crippen LogP) is 3.54. The van der Waals surface area contributed by atoms with Crippen LogP contribution in [0, 0.1) is 6.92 Å². The molecule has 2 rings (SSSR count). The molecule has 1 heterocycles. The van der Waals surface area contributed by atoms with Crippen molar-refractivity contribution in [2.45, 2.75) is 32.9 Å². The molecular formula is C22H31N4O3P. The van der Waals surface area contributed by atoms with Gasteiger partial charge in [-0.25, -0.2) is 4.98 Å². The van der Waals surface area contributed by atoms with Gasteiger partial charge in [-0.05, 0) is 60.0 Å². The highest BCUT2D eigenvalue weighted by Gasteiger charge is 2.18. The third kappa shape index (κ3) is 5.29. The van der Waals surface area contributed by atoms with E-state index in [0.29, 0.717) is 17.3 Å². The molecule has 0 saturated carbocycles. The summed E-state index contributed by atoms with van der Waals surface area (Å²) in [5, 5.41) is 0. The largest absolute Gasteiger partial charge is 0.493 e. The van der Waals surface area contributed by atoms with Crippen molar-refractivity contribution in [1.82, 2.24) is 9.65 Å². The molecule has 0 saturated heterocycles. The lowest BCUT2D eigenvalue weighted by Gasteiger charge is -2.26. The van der Waals surface area contributed by atoms with Gasteiger partial charge in [0.2, 0.25) is 5.91 Å². The van der Waals surface area contributed by atoms with Crippen LogP contribution in [0.25, 0.3) is 6.08 Å². The molecule has 2 N–H and O–H groups in total. The van der Waals surface area contributed by atoms with Crippen LogP contribution in [0.4, 0.5) is 11.5 Å². The Morgan fingerprint density at radius 3 is 2.57 bits per heavy atom. The third-order valence-electron chi connectivity index (χ3n) is 5.03. The van der Waals surface area contributed by atoms with Gasteiger partial charge in [-0.1, -0.05) is 0 Å². The van der Waals surface area contributed by atoms with Crippen molar-refractivity contribution in [1.29, 1.82) is 0 Å². The number of methoxy groups -OCH3 is 2. The lowest BCUT2D eigenvalue weighted by atomic mass is 10.1. The van der Waals surface area contributed by atoms with Crippen LogP contribution in [0.2, 0.25) is 0 Å². The number of pyridine rings is 1. The molecule has 3 atom stereocenters. The standard InChI is InChI=1S/C22H31N4O3P/c1-14-12-18(13-19(28-5)21(14)29-6)25(4)22-17(8-7-11-24-22)9-10-20(27)26(30)16(3)15(2)23/h7-13,15-16H,23,30H2,1-6H3/b10-9+. The first-order chi connectivity index (χ1) is 14.2. The second-order valence-electron chi connectivity index (χ2n) is 7.15. The average molecular weight is 430 g/mol. The summed E-state index contributed by atoms with van der Waals surface area (Å²) in [5.41, 5.74) is 8.55. The monoisotopic (exact) mass is 430 g/mol. The highest BCUT2D eigenvalue weighted by atomic mass is 31.0. The van der Waals surface area contributed by atoms with Crippen molar-refractivity contribution < 1.29 is 14.3 Å². The van der Waals surface area contributed by atoms with Crippen molar-refractivity contribution in [2.24, 2.45) is 5.73 Å². The Balaban J connectivity index is 2.35. The van der Waals surface area contributed by atoms with Crippen LogP contribution in [0.1, 0.15) is 25.0 Å². The van der Waals surface area contributed by atoms with Gasteiger partial charge in [-0.15, -0.1) is 0 Å². The van der Waals surface area contributed by atoms with Gasteiger partial charge in [0.1, 0.15) is 5.82 Å².